The van der Waals surface area contributed by atoms with E-state index in [0.29, 0.717) is 5.69 Å². The van der Waals surface area contributed by atoms with Crippen molar-refractivity contribution >= 4 is 48.4 Å². The zero-order valence-corrected chi connectivity index (χ0v) is 18.8. The Morgan fingerprint density at radius 1 is 0.906 bits per heavy atom. The lowest BCUT2D eigenvalue weighted by atomic mass is 10.2. The molecule has 0 aliphatic rings. The molecule has 2 heterocycles. The Bertz CT molecular complexity index is 1500. The van der Waals surface area contributed by atoms with Crippen LogP contribution in [0.3, 0.4) is 0 Å². The molecule has 0 aliphatic carbocycles. The third-order valence-electron chi connectivity index (χ3n) is 6.01. The van der Waals surface area contributed by atoms with E-state index in [9.17, 15) is 13.5 Å². The van der Waals surface area contributed by atoms with Crippen LogP contribution >= 0.6 is 0 Å². The fourth-order valence-corrected chi connectivity index (χ4v) is 5.44. The fraction of sp³-hybridized carbons (Fsp3) is 0.200. The van der Waals surface area contributed by atoms with Crippen molar-refractivity contribution in [2.24, 2.45) is 7.05 Å². The number of fused-ring (bicyclic) bond motifs is 4. The zero-order chi connectivity index (χ0) is 22.5. The number of hydrogen-bond donors (Lipinski definition) is 1. The third-order valence-corrected chi connectivity index (χ3v) is 7.17. The summed E-state index contributed by atoms with van der Waals surface area (Å²) in [6.07, 6.45) is 2.22. The molecule has 0 bridgehead atoms. The van der Waals surface area contributed by atoms with E-state index in [1.165, 1.54) is 10.6 Å². The molecular formula is C25H25N3O3S. The number of nitrogens with zero attached hydrogens (tertiary/aromatic N) is 3. The molecule has 0 saturated heterocycles. The summed E-state index contributed by atoms with van der Waals surface area (Å²) in [7, 11) is -1.66. The highest BCUT2D eigenvalue weighted by atomic mass is 32.2. The van der Waals surface area contributed by atoms with Crippen LogP contribution in [-0.4, -0.2) is 41.6 Å². The summed E-state index contributed by atoms with van der Waals surface area (Å²) in [5.74, 6) is 0. The molecule has 0 radical (unpaired) electrons. The molecule has 0 saturated carbocycles. The van der Waals surface area contributed by atoms with Crippen molar-refractivity contribution in [2.45, 2.75) is 12.6 Å². The van der Waals surface area contributed by atoms with Crippen molar-refractivity contribution in [1.29, 1.82) is 0 Å². The Kier molecular flexibility index (Phi) is 4.95. The van der Waals surface area contributed by atoms with Crippen LogP contribution < -0.4 is 4.31 Å². The first kappa shape index (κ1) is 20.6. The topological polar surface area (TPSA) is 67.5 Å². The number of hydrogen-bond acceptors (Lipinski definition) is 3. The van der Waals surface area contributed by atoms with Gasteiger partial charge in [0.2, 0.25) is 10.0 Å². The Morgan fingerprint density at radius 3 is 2.16 bits per heavy atom. The molecule has 6 nitrogen and oxygen atoms in total. The van der Waals surface area contributed by atoms with Crippen molar-refractivity contribution in [3.8, 4) is 0 Å². The quantitative estimate of drug-likeness (QED) is 0.426. The Balaban J connectivity index is 1.51. The molecule has 2 aromatic heterocycles. The van der Waals surface area contributed by atoms with Gasteiger partial charge in [0.05, 0.1) is 31.1 Å². The normalized spacial score (nSPS) is 13.2. The molecule has 3 aromatic carbocycles. The van der Waals surface area contributed by atoms with Crippen molar-refractivity contribution in [1.82, 2.24) is 9.13 Å². The van der Waals surface area contributed by atoms with Crippen LogP contribution in [0.15, 0.2) is 79.0 Å². The number of aromatic nitrogens is 2. The molecule has 0 amide bonds. The average molecular weight is 448 g/mol. The van der Waals surface area contributed by atoms with Gasteiger partial charge in [-0.1, -0.05) is 42.5 Å². The van der Waals surface area contributed by atoms with Gasteiger partial charge in [0.25, 0.3) is 0 Å². The maximum Gasteiger partial charge on any atom is 0.232 e. The van der Waals surface area contributed by atoms with Crippen molar-refractivity contribution in [2.75, 3.05) is 17.1 Å². The Hall–Kier alpha value is -3.29. The van der Waals surface area contributed by atoms with Gasteiger partial charge in [0, 0.05) is 40.6 Å². The number of sulfonamides is 1. The van der Waals surface area contributed by atoms with E-state index >= 15 is 0 Å². The first-order chi connectivity index (χ1) is 15.3. The molecule has 0 spiro atoms. The third kappa shape index (κ3) is 3.53. The van der Waals surface area contributed by atoms with Crippen molar-refractivity contribution in [3.05, 3.63) is 79.0 Å². The van der Waals surface area contributed by atoms with Crippen LogP contribution in [0.2, 0.25) is 0 Å². The van der Waals surface area contributed by atoms with Crippen LogP contribution in [0.4, 0.5) is 5.69 Å². The lowest BCUT2D eigenvalue weighted by Crippen LogP contribution is -2.38. The first-order valence-electron chi connectivity index (χ1n) is 10.5. The fourth-order valence-electron chi connectivity index (χ4n) is 4.50. The molecule has 1 unspecified atom stereocenters. The number of rotatable bonds is 6. The molecule has 7 heteroatoms. The molecule has 0 aliphatic heterocycles. The predicted molar refractivity (Wildman–Crippen MR) is 131 cm³/mol. The van der Waals surface area contributed by atoms with E-state index in [1.807, 2.05) is 72.4 Å². The average Bonchev–Trinajstić information content (AvgIpc) is 3.30. The number of anilines is 1. The molecular weight excluding hydrogens is 422 g/mol. The van der Waals surface area contributed by atoms with Gasteiger partial charge in [0.15, 0.2) is 0 Å². The van der Waals surface area contributed by atoms with Gasteiger partial charge in [-0.3, -0.25) is 4.31 Å². The number of benzene rings is 3. The second-order valence-corrected chi connectivity index (χ2v) is 10.2. The minimum Gasteiger partial charge on any atom is -0.389 e. The first-order valence-corrected chi connectivity index (χ1v) is 12.3. The zero-order valence-electron chi connectivity index (χ0n) is 18.0. The second-order valence-electron chi connectivity index (χ2n) is 8.26. The minimum atomic E-state index is -3.59. The summed E-state index contributed by atoms with van der Waals surface area (Å²) in [5, 5.41) is 14.3. The number of para-hydroxylation sites is 2. The number of aryl methyl sites for hydroxylation is 1. The van der Waals surface area contributed by atoms with E-state index in [-0.39, 0.29) is 13.1 Å². The van der Waals surface area contributed by atoms with E-state index in [0.717, 1.165) is 32.7 Å². The number of aliphatic hydroxyl groups excluding tert-OH is 1. The van der Waals surface area contributed by atoms with Crippen LogP contribution in [0, 0.1) is 0 Å². The van der Waals surface area contributed by atoms with Gasteiger partial charge in [-0.25, -0.2) is 8.42 Å². The van der Waals surface area contributed by atoms with Crippen LogP contribution in [0.25, 0.3) is 32.7 Å². The van der Waals surface area contributed by atoms with Gasteiger partial charge in [0.1, 0.15) is 0 Å². The lowest BCUT2D eigenvalue weighted by Gasteiger charge is -2.26. The van der Waals surface area contributed by atoms with Gasteiger partial charge in [-0.2, -0.15) is 0 Å². The van der Waals surface area contributed by atoms with E-state index in [1.54, 1.807) is 6.07 Å². The van der Waals surface area contributed by atoms with Gasteiger partial charge in [-0.15, -0.1) is 0 Å². The summed E-state index contributed by atoms with van der Waals surface area (Å²) in [5.41, 5.74) is 3.52. The second kappa shape index (κ2) is 7.69. The highest BCUT2D eigenvalue weighted by Crippen LogP contribution is 2.29. The monoisotopic (exact) mass is 447 g/mol. The summed E-state index contributed by atoms with van der Waals surface area (Å²) in [4.78, 5) is 0. The molecule has 164 valence electrons. The standard InChI is InChI=1S/C25H25N3O3S/c1-26-14-13-18-11-12-19(15-25(18)26)28(32(2,30)31)17-20(29)16-27-23-9-5-3-7-21(23)22-8-4-6-10-24(22)27/h3-15,20,29H,16-17H2,1-2H3. The number of aliphatic hydroxyl groups is 1. The van der Waals surface area contributed by atoms with Crippen molar-refractivity contribution < 1.29 is 13.5 Å². The lowest BCUT2D eigenvalue weighted by molar-refractivity contribution is 0.166. The Labute approximate surface area is 187 Å². The highest BCUT2D eigenvalue weighted by Gasteiger charge is 2.23. The Morgan fingerprint density at radius 2 is 1.53 bits per heavy atom. The summed E-state index contributed by atoms with van der Waals surface area (Å²) < 4.78 is 30.6. The van der Waals surface area contributed by atoms with Crippen LogP contribution in [0.1, 0.15) is 0 Å². The van der Waals surface area contributed by atoms with Gasteiger partial charge in [-0.05, 0) is 35.7 Å². The molecule has 0 fully saturated rings. The summed E-state index contributed by atoms with van der Waals surface area (Å²) in [6, 6.07) is 23.7. The van der Waals surface area contributed by atoms with E-state index in [4.69, 9.17) is 0 Å². The smallest absolute Gasteiger partial charge is 0.232 e. The SMILES string of the molecule is Cn1ccc2ccc(N(CC(O)Cn3c4ccccc4c4ccccc43)S(C)(=O)=O)cc21. The summed E-state index contributed by atoms with van der Waals surface area (Å²) >= 11 is 0. The largest absolute Gasteiger partial charge is 0.389 e. The molecule has 5 rings (SSSR count). The molecule has 5 aromatic rings. The van der Waals surface area contributed by atoms with Crippen LogP contribution in [0.5, 0.6) is 0 Å². The predicted octanol–water partition coefficient (Wildman–Crippen LogP) is 4.11. The molecule has 1 N–H and O–H groups in total. The highest BCUT2D eigenvalue weighted by molar-refractivity contribution is 7.92. The maximum absolute atomic E-state index is 12.7. The molecule has 32 heavy (non-hydrogen) atoms. The van der Waals surface area contributed by atoms with Crippen LogP contribution in [-0.2, 0) is 23.6 Å². The van der Waals surface area contributed by atoms with Crippen molar-refractivity contribution in [3.63, 3.8) is 0 Å². The van der Waals surface area contributed by atoms with E-state index < -0.39 is 16.1 Å². The van der Waals surface area contributed by atoms with Gasteiger partial charge < -0.3 is 14.2 Å². The van der Waals surface area contributed by atoms with E-state index in [2.05, 4.69) is 16.7 Å². The maximum atomic E-state index is 12.7. The minimum absolute atomic E-state index is 0.0321. The van der Waals surface area contributed by atoms with Gasteiger partial charge >= 0.3 is 0 Å². The molecule has 1 atom stereocenters. The summed E-state index contributed by atoms with van der Waals surface area (Å²) in [6.45, 7) is 0.252.